The second-order valence-electron chi connectivity index (χ2n) is 4.95. The van der Waals surface area contributed by atoms with Crippen LogP contribution in [0.25, 0.3) is 0 Å². The van der Waals surface area contributed by atoms with Crippen LogP contribution in [-0.2, 0) is 19.9 Å². The van der Waals surface area contributed by atoms with Crippen LogP contribution in [0, 0.1) is 0 Å². The first-order valence-electron chi connectivity index (χ1n) is 7.13. The SMILES string of the molecule is CCCNC(Cc1cc(CC)nn1C)c1sccc1Br. The molecule has 0 radical (unpaired) electrons. The highest BCUT2D eigenvalue weighted by Gasteiger charge is 2.18. The van der Waals surface area contributed by atoms with Gasteiger partial charge in [-0.3, -0.25) is 4.68 Å². The number of nitrogens with zero attached hydrogens (tertiary/aromatic N) is 2. The fraction of sp³-hybridized carbons (Fsp3) is 0.533. The number of aryl methyl sites for hydroxylation is 2. The van der Waals surface area contributed by atoms with Gasteiger partial charge in [0.1, 0.15) is 0 Å². The van der Waals surface area contributed by atoms with Gasteiger partial charge in [-0.15, -0.1) is 11.3 Å². The molecule has 0 amide bonds. The molecule has 0 aliphatic carbocycles. The molecule has 0 saturated carbocycles. The molecule has 2 aromatic heterocycles. The monoisotopic (exact) mass is 355 g/mol. The lowest BCUT2D eigenvalue weighted by atomic mass is 10.1. The van der Waals surface area contributed by atoms with Gasteiger partial charge >= 0.3 is 0 Å². The number of rotatable bonds is 7. The van der Waals surface area contributed by atoms with Gasteiger partial charge in [0.05, 0.1) is 5.69 Å². The molecule has 5 heteroatoms. The van der Waals surface area contributed by atoms with E-state index in [9.17, 15) is 0 Å². The maximum atomic E-state index is 4.55. The highest BCUT2D eigenvalue weighted by molar-refractivity contribution is 9.10. The standard InChI is InChI=1S/C15H22BrN3S/c1-4-7-17-14(15-13(16)6-8-20-15)10-12-9-11(5-2)18-19(12)3/h6,8-9,14,17H,4-5,7,10H2,1-3H3. The molecule has 2 heterocycles. The van der Waals surface area contributed by atoms with Crippen molar-refractivity contribution in [3.8, 4) is 0 Å². The maximum absolute atomic E-state index is 4.55. The minimum Gasteiger partial charge on any atom is -0.309 e. The molecule has 1 N–H and O–H groups in total. The van der Waals surface area contributed by atoms with Crippen LogP contribution in [0.5, 0.6) is 0 Å². The highest BCUT2D eigenvalue weighted by atomic mass is 79.9. The average molecular weight is 356 g/mol. The largest absolute Gasteiger partial charge is 0.309 e. The summed E-state index contributed by atoms with van der Waals surface area (Å²) >= 11 is 5.46. The summed E-state index contributed by atoms with van der Waals surface area (Å²) in [6.07, 6.45) is 3.11. The predicted octanol–water partition coefficient (Wildman–Crippen LogP) is 4.09. The minimum absolute atomic E-state index is 0.351. The molecular formula is C15H22BrN3S. The molecule has 1 atom stereocenters. The van der Waals surface area contributed by atoms with E-state index >= 15 is 0 Å². The Labute approximate surface area is 133 Å². The molecule has 20 heavy (non-hydrogen) atoms. The Morgan fingerprint density at radius 3 is 2.80 bits per heavy atom. The van der Waals surface area contributed by atoms with Crippen molar-refractivity contribution in [2.45, 2.75) is 39.2 Å². The van der Waals surface area contributed by atoms with Crippen LogP contribution in [0.15, 0.2) is 22.0 Å². The molecule has 2 aromatic rings. The molecule has 0 saturated heterocycles. The Balaban J connectivity index is 2.19. The van der Waals surface area contributed by atoms with Crippen molar-refractivity contribution in [2.24, 2.45) is 7.05 Å². The van der Waals surface area contributed by atoms with Gasteiger partial charge in [-0.2, -0.15) is 5.10 Å². The number of hydrogen-bond acceptors (Lipinski definition) is 3. The van der Waals surface area contributed by atoms with Crippen LogP contribution in [0.3, 0.4) is 0 Å². The Kier molecular flexibility index (Phi) is 5.81. The molecule has 0 bridgehead atoms. The lowest BCUT2D eigenvalue weighted by molar-refractivity contribution is 0.517. The van der Waals surface area contributed by atoms with E-state index in [1.165, 1.54) is 20.7 Å². The van der Waals surface area contributed by atoms with Crippen LogP contribution in [0.4, 0.5) is 0 Å². The molecule has 0 aliphatic heterocycles. The minimum atomic E-state index is 0.351. The summed E-state index contributed by atoms with van der Waals surface area (Å²) in [4.78, 5) is 1.37. The zero-order valence-electron chi connectivity index (χ0n) is 12.3. The molecule has 1 unspecified atom stereocenters. The zero-order valence-corrected chi connectivity index (χ0v) is 14.7. The summed E-state index contributed by atoms with van der Waals surface area (Å²) in [5.74, 6) is 0. The van der Waals surface area contributed by atoms with Crippen molar-refractivity contribution >= 4 is 27.3 Å². The van der Waals surface area contributed by atoms with E-state index in [1.54, 1.807) is 11.3 Å². The van der Waals surface area contributed by atoms with E-state index in [0.717, 1.165) is 25.8 Å². The van der Waals surface area contributed by atoms with E-state index < -0.39 is 0 Å². The quantitative estimate of drug-likeness (QED) is 0.810. The molecule has 0 fully saturated rings. The molecular weight excluding hydrogens is 334 g/mol. The van der Waals surface area contributed by atoms with Crippen LogP contribution >= 0.6 is 27.3 Å². The molecule has 0 aliphatic rings. The first-order valence-corrected chi connectivity index (χ1v) is 8.81. The van der Waals surface area contributed by atoms with Crippen molar-refractivity contribution in [3.05, 3.63) is 38.3 Å². The van der Waals surface area contributed by atoms with Crippen LogP contribution in [0.1, 0.15) is 42.6 Å². The molecule has 2 rings (SSSR count). The van der Waals surface area contributed by atoms with Gasteiger partial charge in [0.15, 0.2) is 0 Å². The third-order valence-electron chi connectivity index (χ3n) is 3.40. The van der Waals surface area contributed by atoms with Crippen molar-refractivity contribution in [3.63, 3.8) is 0 Å². The number of thiophene rings is 1. The van der Waals surface area contributed by atoms with Crippen LogP contribution in [-0.4, -0.2) is 16.3 Å². The Hall–Kier alpha value is -0.650. The molecule has 3 nitrogen and oxygen atoms in total. The normalized spacial score (nSPS) is 12.8. The predicted molar refractivity (Wildman–Crippen MR) is 89.3 cm³/mol. The van der Waals surface area contributed by atoms with Crippen molar-refractivity contribution in [1.29, 1.82) is 0 Å². The van der Waals surface area contributed by atoms with Gasteiger partial charge in [0.2, 0.25) is 0 Å². The van der Waals surface area contributed by atoms with E-state index in [1.807, 2.05) is 11.7 Å². The zero-order chi connectivity index (χ0) is 14.5. The second-order valence-corrected chi connectivity index (χ2v) is 6.75. The fourth-order valence-corrected chi connectivity index (χ4v) is 4.00. The lowest BCUT2D eigenvalue weighted by Crippen LogP contribution is -2.24. The van der Waals surface area contributed by atoms with Gasteiger partial charge in [0, 0.05) is 34.6 Å². The Morgan fingerprint density at radius 1 is 1.45 bits per heavy atom. The average Bonchev–Trinajstić information content (AvgIpc) is 3.01. The van der Waals surface area contributed by atoms with Crippen LogP contribution in [0.2, 0.25) is 0 Å². The van der Waals surface area contributed by atoms with Crippen molar-refractivity contribution in [2.75, 3.05) is 6.54 Å². The molecule has 110 valence electrons. The summed E-state index contributed by atoms with van der Waals surface area (Å²) in [5, 5.41) is 10.3. The lowest BCUT2D eigenvalue weighted by Gasteiger charge is -2.18. The van der Waals surface area contributed by atoms with Crippen LogP contribution < -0.4 is 5.32 Å². The number of hydrogen-bond donors (Lipinski definition) is 1. The first-order chi connectivity index (χ1) is 9.65. The Morgan fingerprint density at radius 2 is 2.25 bits per heavy atom. The van der Waals surface area contributed by atoms with E-state index in [-0.39, 0.29) is 0 Å². The summed E-state index contributed by atoms with van der Waals surface area (Å²) in [6.45, 7) is 5.38. The highest BCUT2D eigenvalue weighted by Crippen LogP contribution is 2.31. The number of aromatic nitrogens is 2. The topological polar surface area (TPSA) is 29.9 Å². The fourth-order valence-electron chi connectivity index (χ4n) is 2.27. The van der Waals surface area contributed by atoms with Gasteiger partial charge < -0.3 is 5.32 Å². The second kappa shape index (κ2) is 7.38. The maximum Gasteiger partial charge on any atom is 0.0624 e. The number of halogens is 1. The third-order valence-corrected chi connectivity index (χ3v) is 5.39. The van der Waals surface area contributed by atoms with Gasteiger partial charge in [-0.05, 0) is 52.8 Å². The summed E-state index contributed by atoms with van der Waals surface area (Å²) < 4.78 is 3.22. The van der Waals surface area contributed by atoms with E-state index in [0.29, 0.717) is 6.04 Å². The van der Waals surface area contributed by atoms with Gasteiger partial charge in [0.25, 0.3) is 0 Å². The Bertz CT molecular complexity index is 547. The van der Waals surface area contributed by atoms with Crippen molar-refractivity contribution < 1.29 is 0 Å². The van der Waals surface area contributed by atoms with E-state index in [2.05, 4.69) is 57.7 Å². The van der Waals surface area contributed by atoms with E-state index in [4.69, 9.17) is 0 Å². The molecule has 0 aromatic carbocycles. The van der Waals surface area contributed by atoms with Gasteiger partial charge in [-0.1, -0.05) is 13.8 Å². The molecule has 0 spiro atoms. The number of nitrogens with one attached hydrogen (secondary N) is 1. The smallest absolute Gasteiger partial charge is 0.0624 e. The first kappa shape index (κ1) is 15.7. The summed E-state index contributed by atoms with van der Waals surface area (Å²) in [6, 6.07) is 4.70. The summed E-state index contributed by atoms with van der Waals surface area (Å²) in [5.41, 5.74) is 2.46. The summed E-state index contributed by atoms with van der Waals surface area (Å²) in [7, 11) is 2.04. The van der Waals surface area contributed by atoms with Gasteiger partial charge in [-0.25, -0.2) is 0 Å². The van der Waals surface area contributed by atoms with Crippen molar-refractivity contribution in [1.82, 2.24) is 15.1 Å². The third kappa shape index (κ3) is 3.71.